The van der Waals surface area contributed by atoms with Crippen molar-refractivity contribution in [2.24, 2.45) is 5.92 Å². The van der Waals surface area contributed by atoms with Crippen LogP contribution in [0.5, 0.6) is 0 Å². The van der Waals surface area contributed by atoms with Crippen molar-refractivity contribution in [2.75, 3.05) is 13.2 Å². The summed E-state index contributed by atoms with van der Waals surface area (Å²) >= 11 is 0. The Morgan fingerprint density at radius 3 is 2.36 bits per heavy atom. The van der Waals surface area contributed by atoms with E-state index in [4.69, 9.17) is 4.74 Å². The highest BCUT2D eigenvalue weighted by molar-refractivity contribution is 5.94. The molecule has 0 bridgehead atoms. The fourth-order valence-electron chi connectivity index (χ4n) is 2.60. The van der Waals surface area contributed by atoms with Gasteiger partial charge in [0.15, 0.2) is 0 Å². The number of hydrogen-bond acceptors (Lipinski definition) is 4. The number of aryl methyl sites for hydroxylation is 1. The minimum absolute atomic E-state index is 0.0118. The van der Waals surface area contributed by atoms with Crippen molar-refractivity contribution in [2.45, 2.75) is 20.0 Å². The molecule has 132 valence electrons. The van der Waals surface area contributed by atoms with Gasteiger partial charge in [0.1, 0.15) is 5.92 Å². The number of nitrogens with one attached hydrogen (secondary N) is 1. The first-order valence-electron chi connectivity index (χ1n) is 8.28. The molecule has 25 heavy (non-hydrogen) atoms. The number of aliphatic hydroxyl groups excluding tert-OH is 1. The fraction of sp³-hybridized carbons (Fsp3) is 0.300. The van der Waals surface area contributed by atoms with Gasteiger partial charge in [-0.3, -0.25) is 9.59 Å². The second-order valence-corrected chi connectivity index (χ2v) is 5.74. The molecule has 1 amide bonds. The zero-order valence-electron chi connectivity index (χ0n) is 14.4. The fourth-order valence-corrected chi connectivity index (χ4v) is 2.60. The molecule has 0 spiro atoms. The van der Waals surface area contributed by atoms with Crippen molar-refractivity contribution in [3.8, 4) is 0 Å². The first-order chi connectivity index (χ1) is 12.0. The molecular formula is C20H23NO4. The van der Waals surface area contributed by atoms with Gasteiger partial charge >= 0.3 is 5.97 Å². The summed E-state index contributed by atoms with van der Waals surface area (Å²) in [6.07, 6.45) is -1.06. The number of carbonyl (C=O) groups excluding carboxylic acids is 2. The number of carbonyl (C=O) groups is 2. The average Bonchev–Trinajstić information content (AvgIpc) is 2.63. The molecule has 2 aromatic rings. The van der Waals surface area contributed by atoms with E-state index < -0.39 is 18.0 Å². The summed E-state index contributed by atoms with van der Waals surface area (Å²) in [5.74, 6) is -1.72. The van der Waals surface area contributed by atoms with Crippen LogP contribution in [-0.4, -0.2) is 30.1 Å². The second-order valence-electron chi connectivity index (χ2n) is 5.74. The van der Waals surface area contributed by atoms with Gasteiger partial charge in [0.05, 0.1) is 12.7 Å². The van der Waals surface area contributed by atoms with Crippen LogP contribution in [0.4, 0.5) is 0 Å². The van der Waals surface area contributed by atoms with Gasteiger partial charge in [-0.1, -0.05) is 42.5 Å². The second kappa shape index (κ2) is 8.99. The average molecular weight is 341 g/mol. The van der Waals surface area contributed by atoms with E-state index >= 15 is 0 Å². The Balaban J connectivity index is 2.14. The van der Waals surface area contributed by atoms with Gasteiger partial charge in [-0.2, -0.15) is 0 Å². The first kappa shape index (κ1) is 18.7. The lowest BCUT2D eigenvalue weighted by Gasteiger charge is -2.23. The molecule has 2 atom stereocenters. The standard InChI is InChI=1S/C20H23NO4/c1-3-25-20(24)17(18(22)16-12-8-7-9-14(16)2)13-21-19(23)15-10-5-4-6-11-15/h4-12,17-18,22H,3,13H2,1-2H3,(H,21,23)/t17-,18-/m1/s1. The molecule has 0 heterocycles. The van der Waals surface area contributed by atoms with Gasteiger partial charge in [-0.05, 0) is 37.1 Å². The normalized spacial score (nSPS) is 12.9. The largest absolute Gasteiger partial charge is 0.466 e. The summed E-state index contributed by atoms with van der Waals surface area (Å²) in [7, 11) is 0. The van der Waals surface area contributed by atoms with Crippen LogP contribution in [0.1, 0.15) is 34.5 Å². The van der Waals surface area contributed by atoms with Crippen LogP contribution in [0, 0.1) is 12.8 Å². The maximum atomic E-state index is 12.3. The molecular weight excluding hydrogens is 318 g/mol. The van der Waals surface area contributed by atoms with E-state index in [0.29, 0.717) is 11.1 Å². The molecule has 5 heteroatoms. The SMILES string of the molecule is CCOC(=O)[C@H](CNC(=O)c1ccccc1)[C@H](O)c1ccccc1C. The van der Waals surface area contributed by atoms with Crippen molar-refractivity contribution in [1.29, 1.82) is 0 Å². The van der Waals surface area contributed by atoms with Gasteiger partial charge in [0.2, 0.25) is 0 Å². The van der Waals surface area contributed by atoms with Gasteiger partial charge in [-0.25, -0.2) is 0 Å². The Kier molecular flexibility index (Phi) is 6.71. The third-order valence-electron chi connectivity index (χ3n) is 4.00. The van der Waals surface area contributed by atoms with E-state index in [-0.39, 0.29) is 19.1 Å². The maximum Gasteiger partial charge on any atom is 0.313 e. The van der Waals surface area contributed by atoms with Gasteiger partial charge in [-0.15, -0.1) is 0 Å². The number of aliphatic hydroxyl groups is 1. The number of benzene rings is 2. The molecule has 0 aliphatic carbocycles. The van der Waals surface area contributed by atoms with E-state index in [1.165, 1.54) is 0 Å². The topological polar surface area (TPSA) is 75.6 Å². The summed E-state index contributed by atoms with van der Waals surface area (Å²) < 4.78 is 5.07. The molecule has 5 nitrogen and oxygen atoms in total. The monoisotopic (exact) mass is 341 g/mol. The van der Waals surface area contributed by atoms with Crippen LogP contribution in [0.15, 0.2) is 54.6 Å². The summed E-state index contributed by atoms with van der Waals surface area (Å²) in [6.45, 7) is 3.77. The molecule has 2 N–H and O–H groups in total. The van der Waals surface area contributed by atoms with Crippen LogP contribution >= 0.6 is 0 Å². The lowest BCUT2D eigenvalue weighted by Crippen LogP contribution is -2.37. The summed E-state index contributed by atoms with van der Waals surface area (Å²) in [5, 5.41) is 13.4. The van der Waals surface area contributed by atoms with E-state index in [1.807, 2.05) is 25.1 Å². The van der Waals surface area contributed by atoms with Gasteiger partial charge in [0, 0.05) is 12.1 Å². The van der Waals surface area contributed by atoms with Crippen molar-refractivity contribution >= 4 is 11.9 Å². The van der Waals surface area contributed by atoms with Gasteiger partial charge in [0.25, 0.3) is 5.91 Å². The van der Waals surface area contributed by atoms with Crippen LogP contribution in [0.2, 0.25) is 0 Å². The highest BCUT2D eigenvalue weighted by Crippen LogP contribution is 2.25. The molecule has 0 aliphatic rings. The Morgan fingerprint density at radius 1 is 1.08 bits per heavy atom. The summed E-state index contributed by atoms with van der Waals surface area (Å²) in [5.41, 5.74) is 2.02. The van der Waals surface area contributed by atoms with Crippen molar-refractivity contribution in [3.63, 3.8) is 0 Å². The third-order valence-corrected chi connectivity index (χ3v) is 4.00. The Labute approximate surface area is 147 Å². The molecule has 0 aliphatic heterocycles. The minimum atomic E-state index is -1.06. The number of hydrogen-bond donors (Lipinski definition) is 2. The smallest absolute Gasteiger partial charge is 0.313 e. The molecule has 2 rings (SSSR count). The van der Waals surface area contributed by atoms with Crippen molar-refractivity contribution < 1.29 is 19.4 Å². The predicted molar refractivity (Wildman–Crippen MR) is 95.0 cm³/mol. The van der Waals surface area contributed by atoms with E-state index in [0.717, 1.165) is 5.56 Å². The number of ether oxygens (including phenoxy) is 1. The zero-order chi connectivity index (χ0) is 18.2. The van der Waals surface area contributed by atoms with Crippen LogP contribution in [0.25, 0.3) is 0 Å². The molecule has 0 saturated carbocycles. The summed E-state index contributed by atoms with van der Waals surface area (Å²) in [6, 6.07) is 16.0. The highest BCUT2D eigenvalue weighted by Gasteiger charge is 2.30. The molecule has 0 fully saturated rings. The number of esters is 1. The Morgan fingerprint density at radius 2 is 1.72 bits per heavy atom. The van der Waals surface area contributed by atoms with Crippen LogP contribution < -0.4 is 5.32 Å². The van der Waals surface area contributed by atoms with E-state index in [2.05, 4.69) is 5.32 Å². The lowest BCUT2D eigenvalue weighted by molar-refractivity contribution is -0.151. The Hall–Kier alpha value is -2.66. The highest BCUT2D eigenvalue weighted by atomic mass is 16.5. The molecule has 2 aromatic carbocycles. The molecule has 0 saturated heterocycles. The molecule has 0 unspecified atom stereocenters. The number of rotatable bonds is 7. The quantitative estimate of drug-likeness (QED) is 0.759. The van der Waals surface area contributed by atoms with E-state index in [1.54, 1.807) is 43.3 Å². The third kappa shape index (κ3) is 4.90. The van der Waals surface area contributed by atoms with Crippen molar-refractivity contribution in [3.05, 3.63) is 71.3 Å². The zero-order valence-corrected chi connectivity index (χ0v) is 14.4. The van der Waals surface area contributed by atoms with E-state index in [9.17, 15) is 14.7 Å². The Bertz CT molecular complexity index is 715. The maximum absolute atomic E-state index is 12.3. The van der Waals surface area contributed by atoms with Crippen molar-refractivity contribution in [1.82, 2.24) is 5.32 Å². The number of amides is 1. The van der Waals surface area contributed by atoms with Crippen LogP contribution in [0.3, 0.4) is 0 Å². The lowest BCUT2D eigenvalue weighted by atomic mass is 9.92. The summed E-state index contributed by atoms with van der Waals surface area (Å²) in [4.78, 5) is 24.5. The predicted octanol–water partition coefficient (Wildman–Crippen LogP) is 2.64. The minimum Gasteiger partial charge on any atom is -0.466 e. The van der Waals surface area contributed by atoms with Crippen LogP contribution in [-0.2, 0) is 9.53 Å². The molecule has 0 aromatic heterocycles. The van der Waals surface area contributed by atoms with Gasteiger partial charge < -0.3 is 15.2 Å². The first-order valence-corrected chi connectivity index (χ1v) is 8.28. The molecule has 0 radical (unpaired) electrons.